The van der Waals surface area contributed by atoms with Crippen molar-refractivity contribution in [2.24, 2.45) is 4.99 Å². The summed E-state index contributed by atoms with van der Waals surface area (Å²) in [6, 6.07) is 31.1. The van der Waals surface area contributed by atoms with Gasteiger partial charge in [0.15, 0.2) is 5.58 Å². The van der Waals surface area contributed by atoms with E-state index in [9.17, 15) is 0 Å². The second-order valence-electron chi connectivity index (χ2n) is 7.28. The SMILES string of the molecule is Clc1ccc(-c2nc3cc(N=Cc4ccc(OCc5ccccc5)cc4)ccc3o2)cc1. The van der Waals surface area contributed by atoms with Crippen LogP contribution in [0.3, 0.4) is 0 Å². The molecule has 1 heterocycles. The molecule has 5 aromatic rings. The lowest BCUT2D eigenvalue weighted by atomic mass is 10.2. The van der Waals surface area contributed by atoms with E-state index in [1.807, 2.05) is 103 Å². The molecule has 0 amide bonds. The summed E-state index contributed by atoms with van der Waals surface area (Å²) in [5, 5.41) is 0.678. The van der Waals surface area contributed by atoms with Gasteiger partial charge in [0.25, 0.3) is 0 Å². The molecular weight excluding hydrogens is 420 g/mol. The van der Waals surface area contributed by atoms with Gasteiger partial charge in [0.1, 0.15) is 17.9 Å². The largest absolute Gasteiger partial charge is 0.489 e. The van der Waals surface area contributed by atoms with Crippen LogP contribution in [0, 0.1) is 0 Å². The van der Waals surface area contributed by atoms with Crippen LogP contribution in [0.1, 0.15) is 11.1 Å². The van der Waals surface area contributed by atoms with E-state index >= 15 is 0 Å². The molecule has 0 N–H and O–H groups in total. The minimum atomic E-state index is 0.546. The van der Waals surface area contributed by atoms with Crippen LogP contribution in [0.4, 0.5) is 5.69 Å². The van der Waals surface area contributed by atoms with Crippen molar-refractivity contribution in [3.8, 4) is 17.2 Å². The molecule has 4 aromatic carbocycles. The van der Waals surface area contributed by atoms with Gasteiger partial charge in [-0.3, -0.25) is 4.99 Å². The maximum atomic E-state index is 5.96. The summed E-state index contributed by atoms with van der Waals surface area (Å²) < 4.78 is 11.7. The van der Waals surface area contributed by atoms with Gasteiger partial charge in [-0.05, 0) is 77.9 Å². The van der Waals surface area contributed by atoms with E-state index in [0.717, 1.165) is 33.6 Å². The highest BCUT2D eigenvalue weighted by atomic mass is 35.5. The van der Waals surface area contributed by atoms with Crippen molar-refractivity contribution < 1.29 is 9.15 Å². The third kappa shape index (κ3) is 4.71. The highest BCUT2D eigenvalue weighted by Gasteiger charge is 2.08. The molecule has 0 aliphatic rings. The van der Waals surface area contributed by atoms with Crippen LogP contribution < -0.4 is 4.74 Å². The Labute approximate surface area is 190 Å². The molecule has 0 spiro atoms. The van der Waals surface area contributed by atoms with Crippen molar-refractivity contribution >= 4 is 34.6 Å². The smallest absolute Gasteiger partial charge is 0.227 e. The third-order valence-corrected chi connectivity index (χ3v) is 5.21. The van der Waals surface area contributed by atoms with Crippen molar-refractivity contribution in [3.05, 3.63) is 113 Å². The number of nitrogens with zero attached hydrogens (tertiary/aromatic N) is 2. The van der Waals surface area contributed by atoms with Crippen molar-refractivity contribution in [2.75, 3.05) is 0 Å². The van der Waals surface area contributed by atoms with E-state index in [1.54, 1.807) is 0 Å². The maximum absolute atomic E-state index is 5.96. The van der Waals surface area contributed by atoms with Crippen LogP contribution in [-0.2, 0) is 6.61 Å². The zero-order valence-corrected chi connectivity index (χ0v) is 17.9. The first kappa shape index (κ1) is 20.0. The Balaban J connectivity index is 1.27. The lowest BCUT2D eigenvalue weighted by molar-refractivity contribution is 0.306. The quantitative estimate of drug-likeness (QED) is 0.258. The van der Waals surface area contributed by atoms with E-state index in [4.69, 9.17) is 20.8 Å². The van der Waals surface area contributed by atoms with E-state index < -0.39 is 0 Å². The molecule has 0 aliphatic heterocycles. The van der Waals surface area contributed by atoms with Gasteiger partial charge in [-0.15, -0.1) is 0 Å². The number of hydrogen-bond acceptors (Lipinski definition) is 4. The van der Waals surface area contributed by atoms with Gasteiger partial charge < -0.3 is 9.15 Å². The standard InChI is InChI=1S/C27H19ClN2O2/c28-22-10-8-21(9-11-22)27-30-25-16-23(12-15-26(25)32-27)29-17-19-6-13-24(14-7-19)31-18-20-4-2-1-3-5-20/h1-17H,18H2. The molecule has 156 valence electrons. The zero-order valence-electron chi connectivity index (χ0n) is 17.1. The Kier molecular flexibility index (Phi) is 5.69. The third-order valence-electron chi connectivity index (χ3n) is 4.95. The molecule has 5 rings (SSSR count). The lowest BCUT2D eigenvalue weighted by Gasteiger charge is -2.06. The average molecular weight is 439 g/mol. The van der Waals surface area contributed by atoms with Crippen molar-refractivity contribution in [1.82, 2.24) is 4.98 Å². The van der Waals surface area contributed by atoms with Crippen molar-refractivity contribution in [1.29, 1.82) is 0 Å². The summed E-state index contributed by atoms with van der Waals surface area (Å²) in [7, 11) is 0. The summed E-state index contributed by atoms with van der Waals surface area (Å²) in [6.07, 6.45) is 1.82. The summed E-state index contributed by atoms with van der Waals surface area (Å²) in [4.78, 5) is 9.16. The highest BCUT2D eigenvalue weighted by Crippen LogP contribution is 2.28. The number of hydrogen-bond donors (Lipinski definition) is 0. The molecule has 0 bridgehead atoms. The predicted molar refractivity (Wildman–Crippen MR) is 129 cm³/mol. The molecule has 1 aromatic heterocycles. The first-order chi connectivity index (χ1) is 15.7. The molecule has 4 nitrogen and oxygen atoms in total. The Morgan fingerprint density at radius 1 is 0.875 bits per heavy atom. The van der Waals surface area contributed by atoms with Crippen LogP contribution in [-0.4, -0.2) is 11.2 Å². The van der Waals surface area contributed by atoms with Gasteiger partial charge in [-0.25, -0.2) is 4.98 Å². The molecular formula is C27H19ClN2O2. The van der Waals surface area contributed by atoms with E-state index in [-0.39, 0.29) is 0 Å². The normalized spacial score (nSPS) is 11.3. The molecule has 5 heteroatoms. The Bertz CT molecular complexity index is 1360. The van der Waals surface area contributed by atoms with Crippen LogP contribution >= 0.6 is 11.6 Å². The molecule has 0 radical (unpaired) electrons. The van der Waals surface area contributed by atoms with E-state index in [0.29, 0.717) is 23.1 Å². The Hall–Kier alpha value is -3.89. The number of oxazole rings is 1. The predicted octanol–water partition coefficient (Wildman–Crippen LogP) is 7.48. The van der Waals surface area contributed by atoms with E-state index in [2.05, 4.69) is 9.98 Å². The fourth-order valence-electron chi connectivity index (χ4n) is 3.25. The summed E-state index contributed by atoms with van der Waals surface area (Å²) in [5.41, 5.74) is 5.28. The van der Waals surface area contributed by atoms with Gasteiger partial charge >= 0.3 is 0 Å². The average Bonchev–Trinajstić information content (AvgIpc) is 3.27. The second kappa shape index (κ2) is 9.08. The number of aromatic nitrogens is 1. The van der Waals surface area contributed by atoms with Gasteiger partial charge in [0.2, 0.25) is 5.89 Å². The Morgan fingerprint density at radius 2 is 1.66 bits per heavy atom. The number of halogens is 1. The molecule has 0 fully saturated rings. The number of fused-ring (bicyclic) bond motifs is 1. The first-order valence-electron chi connectivity index (χ1n) is 10.2. The van der Waals surface area contributed by atoms with Gasteiger partial charge in [0.05, 0.1) is 5.69 Å². The topological polar surface area (TPSA) is 47.6 Å². The molecule has 0 unspecified atom stereocenters. The Morgan fingerprint density at radius 3 is 2.44 bits per heavy atom. The summed E-state index contributed by atoms with van der Waals surface area (Å²) >= 11 is 5.96. The molecule has 0 saturated heterocycles. The molecule has 0 aliphatic carbocycles. The molecule has 0 atom stereocenters. The molecule has 32 heavy (non-hydrogen) atoms. The number of aliphatic imine (C=N–C) groups is 1. The summed E-state index contributed by atoms with van der Waals surface area (Å²) in [6.45, 7) is 0.546. The minimum Gasteiger partial charge on any atom is -0.489 e. The van der Waals surface area contributed by atoms with Crippen molar-refractivity contribution in [2.45, 2.75) is 6.61 Å². The fraction of sp³-hybridized carbons (Fsp3) is 0.0370. The number of ether oxygens (including phenoxy) is 1. The van der Waals surface area contributed by atoms with Crippen molar-refractivity contribution in [3.63, 3.8) is 0 Å². The van der Waals surface area contributed by atoms with E-state index in [1.165, 1.54) is 0 Å². The van der Waals surface area contributed by atoms with Gasteiger partial charge in [-0.1, -0.05) is 41.9 Å². The number of rotatable bonds is 6. The second-order valence-corrected chi connectivity index (χ2v) is 7.72. The van der Waals surface area contributed by atoms with Crippen LogP contribution in [0.5, 0.6) is 5.75 Å². The van der Waals surface area contributed by atoms with Gasteiger partial charge in [-0.2, -0.15) is 0 Å². The van der Waals surface area contributed by atoms with Crippen LogP contribution in [0.2, 0.25) is 5.02 Å². The van der Waals surface area contributed by atoms with Crippen LogP contribution in [0.25, 0.3) is 22.6 Å². The summed E-state index contributed by atoms with van der Waals surface area (Å²) in [5.74, 6) is 1.38. The van der Waals surface area contributed by atoms with Gasteiger partial charge in [0, 0.05) is 16.8 Å². The van der Waals surface area contributed by atoms with Crippen LogP contribution in [0.15, 0.2) is 106 Å². The minimum absolute atomic E-state index is 0.546. The molecule has 0 saturated carbocycles. The lowest BCUT2D eigenvalue weighted by Crippen LogP contribution is -1.94. The highest BCUT2D eigenvalue weighted by molar-refractivity contribution is 6.30. The number of benzene rings is 4. The fourth-order valence-corrected chi connectivity index (χ4v) is 3.38. The first-order valence-corrected chi connectivity index (χ1v) is 10.6. The monoisotopic (exact) mass is 438 g/mol. The zero-order chi connectivity index (χ0) is 21.8. The maximum Gasteiger partial charge on any atom is 0.227 e.